The van der Waals surface area contributed by atoms with Crippen molar-refractivity contribution in [2.45, 2.75) is 38.9 Å². The monoisotopic (exact) mass is 423 g/mol. The molecular formula is C24H26FN3O3. The van der Waals surface area contributed by atoms with Gasteiger partial charge in [0.2, 0.25) is 0 Å². The number of esters is 1. The van der Waals surface area contributed by atoms with E-state index in [2.05, 4.69) is 10.3 Å². The molecule has 0 unspecified atom stereocenters. The van der Waals surface area contributed by atoms with E-state index in [0.717, 1.165) is 22.2 Å². The van der Waals surface area contributed by atoms with Crippen LogP contribution in [-0.4, -0.2) is 47.5 Å². The number of carbonyl (C=O) groups is 2. The number of likely N-dealkylation sites (tertiary alicyclic amines) is 1. The summed E-state index contributed by atoms with van der Waals surface area (Å²) >= 11 is 0. The van der Waals surface area contributed by atoms with Crippen LogP contribution in [0.15, 0.2) is 42.5 Å². The lowest BCUT2D eigenvalue weighted by Crippen LogP contribution is -2.38. The molecular weight excluding hydrogens is 397 g/mol. The SMILES string of the molecule is COC(=O)[C@@H]1C[C@H](NC(=O)c2cccc3c(C)c(C)[nH]c23)CN1Cc1ccccc1F. The molecule has 4 rings (SSSR count). The normalized spacial score (nSPS) is 19.0. The molecule has 1 aliphatic rings. The smallest absolute Gasteiger partial charge is 0.323 e. The van der Waals surface area contributed by atoms with Crippen LogP contribution < -0.4 is 5.32 Å². The number of benzene rings is 2. The Morgan fingerprint density at radius 3 is 2.71 bits per heavy atom. The summed E-state index contributed by atoms with van der Waals surface area (Å²) in [5, 5.41) is 4.07. The summed E-state index contributed by atoms with van der Waals surface area (Å²) in [7, 11) is 1.34. The summed E-state index contributed by atoms with van der Waals surface area (Å²) in [5.41, 5.74) is 4.02. The molecule has 7 heteroatoms. The van der Waals surface area contributed by atoms with E-state index in [1.165, 1.54) is 13.2 Å². The fourth-order valence-electron chi connectivity index (χ4n) is 4.34. The van der Waals surface area contributed by atoms with Gasteiger partial charge in [-0.15, -0.1) is 0 Å². The molecule has 0 radical (unpaired) electrons. The second-order valence-corrected chi connectivity index (χ2v) is 8.07. The number of methoxy groups -OCH3 is 1. The first-order chi connectivity index (χ1) is 14.9. The average molecular weight is 423 g/mol. The molecule has 1 amide bonds. The minimum atomic E-state index is -0.541. The standard InChI is InChI=1S/C24H26FN3O3/c1-14-15(2)26-22-18(14)8-6-9-19(22)23(29)27-17-11-21(24(30)31-3)28(13-17)12-16-7-4-5-10-20(16)25/h4-10,17,21,26H,11-13H2,1-3H3,(H,27,29)/t17-,21-/m0/s1. The van der Waals surface area contributed by atoms with Crippen molar-refractivity contribution in [2.75, 3.05) is 13.7 Å². The van der Waals surface area contributed by atoms with E-state index in [1.54, 1.807) is 24.3 Å². The first kappa shape index (κ1) is 21.1. The average Bonchev–Trinajstić information content (AvgIpc) is 3.29. The third kappa shape index (κ3) is 4.05. The summed E-state index contributed by atoms with van der Waals surface area (Å²) in [5.74, 6) is -0.901. The van der Waals surface area contributed by atoms with Crippen LogP contribution in [-0.2, 0) is 16.1 Å². The van der Waals surface area contributed by atoms with Crippen molar-refractivity contribution in [1.29, 1.82) is 0 Å². The van der Waals surface area contributed by atoms with Crippen LogP contribution in [0.1, 0.15) is 33.6 Å². The number of aromatic amines is 1. The number of aromatic nitrogens is 1. The van der Waals surface area contributed by atoms with Gasteiger partial charge in [-0.1, -0.05) is 30.3 Å². The summed E-state index contributed by atoms with van der Waals surface area (Å²) in [6.07, 6.45) is 0.408. The van der Waals surface area contributed by atoms with Crippen LogP contribution in [0, 0.1) is 19.7 Å². The minimum Gasteiger partial charge on any atom is -0.468 e. The van der Waals surface area contributed by atoms with Gasteiger partial charge >= 0.3 is 5.97 Å². The number of aryl methyl sites for hydroxylation is 2. The molecule has 1 aliphatic heterocycles. The fraction of sp³-hybridized carbons (Fsp3) is 0.333. The molecule has 0 saturated carbocycles. The van der Waals surface area contributed by atoms with E-state index in [1.807, 2.05) is 30.9 Å². The van der Waals surface area contributed by atoms with Crippen molar-refractivity contribution in [1.82, 2.24) is 15.2 Å². The van der Waals surface area contributed by atoms with Crippen molar-refractivity contribution < 1.29 is 18.7 Å². The molecule has 1 fully saturated rings. The minimum absolute atomic E-state index is 0.201. The molecule has 0 aliphatic carbocycles. The quantitative estimate of drug-likeness (QED) is 0.617. The molecule has 0 bridgehead atoms. The van der Waals surface area contributed by atoms with Crippen LogP contribution in [0.2, 0.25) is 0 Å². The number of hydrogen-bond donors (Lipinski definition) is 2. The highest BCUT2D eigenvalue weighted by Crippen LogP contribution is 2.26. The maximum Gasteiger partial charge on any atom is 0.323 e. The van der Waals surface area contributed by atoms with Gasteiger partial charge in [0.15, 0.2) is 0 Å². The van der Waals surface area contributed by atoms with Gasteiger partial charge in [0.1, 0.15) is 11.9 Å². The first-order valence-corrected chi connectivity index (χ1v) is 10.3. The first-order valence-electron chi connectivity index (χ1n) is 10.3. The van der Waals surface area contributed by atoms with E-state index in [-0.39, 0.29) is 30.3 Å². The Kier molecular flexibility index (Phi) is 5.78. The zero-order valence-electron chi connectivity index (χ0n) is 17.9. The lowest BCUT2D eigenvalue weighted by Gasteiger charge is -2.22. The largest absolute Gasteiger partial charge is 0.468 e. The van der Waals surface area contributed by atoms with Gasteiger partial charge in [0.25, 0.3) is 5.91 Å². The number of nitrogens with zero attached hydrogens (tertiary/aromatic N) is 1. The van der Waals surface area contributed by atoms with Crippen LogP contribution in [0.3, 0.4) is 0 Å². The van der Waals surface area contributed by atoms with Gasteiger partial charge in [-0.25, -0.2) is 4.39 Å². The molecule has 1 saturated heterocycles. The zero-order chi connectivity index (χ0) is 22.1. The number of H-pyrrole nitrogens is 1. The molecule has 3 aromatic rings. The van der Waals surface area contributed by atoms with Crippen molar-refractivity contribution in [3.63, 3.8) is 0 Å². The third-order valence-corrected chi connectivity index (χ3v) is 6.13. The number of para-hydroxylation sites is 1. The van der Waals surface area contributed by atoms with Crippen molar-refractivity contribution in [3.05, 3.63) is 70.7 Å². The summed E-state index contributed by atoms with van der Waals surface area (Å²) < 4.78 is 19.1. The van der Waals surface area contributed by atoms with Gasteiger partial charge in [0.05, 0.1) is 18.2 Å². The van der Waals surface area contributed by atoms with E-state index >= 15 is 0 Å². The Morgan fingerprint density at radius 2 is 1.97 bits per heavy atom. The summed E-state index contributed by atoms with van der Waals surface area (Å²) in [4.78, 5) is 30.6. The maximum atomic E-state index is 14.1. The highest BCUT2D eigenvalue weighted by Gasteiger charge is 2.38. The Hall–Kier alpha value is -3.19. The number of amides is 1. The zero-order valence-corrected chi connectivity index (χ0v) is 17.9. The van der Waals surface area contributed by atoms with Crippen LogP contribution in [0.5, 0.6) is 0 Å². The predicted octanol–water partition coefficient (Wildman–Crippen LogP) is 3.47. The Balaban J connectivity index is 1.54. The van der Waals surface area contributed by atoms with Crippen molar-refractivity contribution in [2.24, 2.45) is 0 Å². The topological polar surface area (TPSA) is 74.4 Å². The maximum absolute atomic E-state index is 14.1. The van der Waals surface area contributed by atoms with Crippen LogP contribution in [0.25, 0.3) is 10.9 Å². The van der Waals surface area contributed by atoms with Gasteiger partial charge in [0, 0.05) is 35.8 Å². The van der Waals surface area contributed by atoms with Gasteiger partial charge in [-0.2, -0.15) is 0 Å². The van der Waals surface area contributed by atoms with E-state index in [0.29, 0.717) is 24.1 Å². The molecule has 6 nitrogen and oxygen atoms in total. The molecule has 2 atom stereocenters. The molecule has 0 spiro atoms. The number of nitrogens with one attached hydrogen (secondary N) is 2. The van der Waals surface area contributed by atoms with Gasteiger partial charge in [-0.05, 0) is 38.0 Å². The second-order valence-electron chi connectivity index (χ2n) is 8.07. The number of fused-ring (bicyclic) bond motifs is 1. The fourth-order valence-corrected chi connectivity index (χ4v) is 4.34. The number of ether oxygens (including phenoxy) is 1. The third-order valence-electron chi connectivity index (χ3n) is 6.13. The van der Waals surface area contributed by atoms with E-state index in [9.17, 15) is 14.0 Å². The highest BCUT2D eigenvalue weighted by atomic mass is 19.1. The van der Waals surface area contributed by atoms with E-state index in [4.69, 9.17) is 4.74 Å². The summed E-state index contributed by atoms with van der Waals surface area (Å²) in [6.45, 7) is 4.70. The lowest BCUT2D eigenvalue weighted by molar-refractivity contribution is -0.146. The molecule has 1 aromatic heterocycles. The molecule has 2 N–H and O–H groups in total. The summed E-state index contributed by atoms with van der Waals surface area (Å²) in [6, 6.07) is 11.4. The lowest BCUT2D eigenvalue weighted by atomic mass is 10.1. The van der Waals surface area contributed by atoms with E-state index < -0.39 is 6.04 Å². The second kappa shape index (κ2) is 8.51. The Bertz CT molecular complexity index is 1140. The Labute approximate surface area is 180 Å². The molecule has 2 aromatic carbocycles. The number of rotatable bonds is 5. The van der Waals surface area contributed by atoms with Gasteiger partial charge in [-0.3, -0.25) is 14.5 Å². The number of halogens is 1. The van der Waals surface area contributed by atoms with Gasteiger partial charge < -0.3 is 15.0 Å². The number of carbonyl (C=O) groups excluding carboxylic acids is 2. The predicted molar refractivity (Wildman–Crippen MR) is 116 cm³/mol. The van der Waals surface area contributed by atoms with Crippen molar-refractivity contribution in [3.8, 4) is 0 Å². The van der Waals surface area contributed by atoms with Crippen molar-refractivity contribution >= 4 is 22.8 Å². The Morgan fingerprint density at radius 1 is 1.19 bits per heavy atom. The highest BCUT2D eigenvalue weighted by molar-refractivity contribution is 6.06. The molecule has 162 valence electrons. The van der Waals surface area contributed by atoms with Crippen LogP contribution in [0.4, 0.5) is 4.39 Å². The van der Waals surface area contributed by atoms with Crippen LogP contribution >= 0.6 is 0 Å². The molecule has 2 heterocycles. The number of hydrogen-bond acceptors (Lipinski definition) is 4. The molecule has 31 heavy (non-hydrogen) atoms.